The van der Waals surface area contributed by atoms with Crippen LogP contribution in [-0.2, 0) is 4.79 Å². The summed E-state index contributed by atoms with van der Waals surface area (Å²) in [4.78, 5) is 24.1. The molecule has 3 aromatic rings. The molecule has 1 aromatic carbocycles. The van der Waals surface area contributed by atoms with Crippen LogP contribution < -0.4 is 21.1 Å². The summed E-state index contributed by atoms with van der Waals surface area (Å²) in [5.41, 5.74) is 7.51. The predicted octanol–water partition coefficient (Wildman–Crippen LogP) is 4.00. The molecule has 8 nitrogen and oxygen atoms in total. The maximum absolute atomic E-state index is 12.2. The number of anilines is 3. The third-order valence-electron chi connectivity index (χ3n) is 7.38. The van der Waals surface area contributed by atoms with E-state index in [1.807, 2.05) is 35.7 Å². The number of primary amides is 1. The Bertz CT molecular complexity index is 1240. The number of likely N-dealkylation sites (tertiary alicyclic amines) is 1. The molecule has 0 unspecified atom stereocenters. The van der Waals surface area contributed by atoms with Crippen molar-refractivity contribution in [2.75, 3.05) is 36.9 Å². The average Bonchev–Trinajstić information content (AvgIpc) is 3.65. The Morgan fingerprint density at radius 1 is 1.11 bits per heavy atom. The molecule has 9 heteroatoms. The van der Waals surface area contributed by atoms with Crippen molar-refractivity contribution < 1.29 is 9.53 Å². The Labute approximate surface area is 208 Å². The number of amides is 1. The van der Waals surface area contributed by atoms with Crippen LogP contribution >= 0.6 is 11.3 Å². The molecule has 0 radical (unpaired) electrons. The summed E-state index contributed by atoms with van der Waals surface area (Å²) in [7, 11) is 0. The Balaban J connectivity index is 1.15. The van der Waals surface area contributed by atoms with E-state index in [0.717, 1.165) is 40.4 Å². The zero-order valence-corrected chi connectivity index (χ0v) is 20.3. The third kappa shape index (κ3) is 4.58. The van der Waals surface area contributed by atoms with Gasteiger partial charge in [-0.25, -0.2) is 4.98 Å². The van der Waals surface area contributed by atoms with Gasteiger partial charge < -0.3 is 21.1 Å². The van der Waals surface area contributed by atoms with Crippen molar-refractivity contribution in [3.63, 3.8) is 0 Å². The summed E-state index contributed by atoms with van der Waals surface area (Å²) >= 11 is 1.59. The lowest BCUT2D eigenvalue weighted by molar-refractivity contribution is -0.122. The molecule has 0 spiro atoms. The molecule has 4 atom stereocenters. The molecule has 6 rings (SSSR count). The lowest BCUT2D eigenvalue weighted by Crippen LogP contribution is -2.41. The molecule has 3 aliphatic rings. The number of rotatable bonds is 9. The number of carbonyl (C=O) groups is 1. The molecule has 182 valence electrons. The fraction of sp³-hybridized carbons (Fsp3) is 0.423. The number of allylic oxidation sites excluding steroid dienone is 1. The van der Waals surface area contributed by atoms with Gasteiger partial charge in [0, 0.05) is 18.3 Å². The number of carbonyl (C=O) groups excluding carboxylic acids is 1. The van der Waals surface area contributed by atoms with Crippen LogP contribution in [0.1, 0.15) is 19.3 Å². The van der Waals surface area contributed by atoms with Crippen LogP contribution in [0.2, 0.25) is 0 Å². The number of nitrogens with one attached hydrogen (secondary N) is 2. The van der Waals surface area contributed by atoms with E-state index in [4.69, 9.17) is 15.5 Å². The van der Waals surface area contributed by atoms with Crippen LogP contribution in [0.5, 0.6) is 5.75 Å². The predicted molar refractivity (Wildman–Crippen MR) is 139 cm³/mol. The lowest BCUT2D eigenvalue weighted by Gasteiger charge is -2.27. The van der Waals surface area contributed by atoms with E-state index in [1.165, 1.54) is 25.9 Å². The first-order valence-corrected chi connectivity index (χ1v) is 13.2. The largest absolute Gasteiger partial charge is 0.492 e. The number of thiophene rings is 1. The number of hydrogen-bond donors (Lipinski definition) is 3. The topological polar surface area (TPSA) is 105 Å². The Morgan fingerprint density at radius 2 is 1.91 bits per heavy atom. The number of benzene rings is 1. The SMILES string of the molecule is NC(=O)[C@@H]1[C@H](Nc2nc(Nc3ccc(OCCN4CCCC4)cc3)nc3ccsc23)[C@H]2C=C[C@@H]1C2. The van der Waals surface area contributed by atoms with Crippen molar-refractivity contribution in [2.45, 2.75) is 25.3 Å². The second-order valence-corrected chi connectivity index (χ2v) is 10.5. The van der Waals surface area contributed by atoms with Crippen LogP contribution in [0.25, 0.3) is 10.2 Å². The molecular formula is C26H30N6O2S. The molecule has 2 bridgehead atoms. The molecule has 1 aliphatic heterocycles. The van der Waals surface area contributed by atoms with E-state index < -0.39 is 0 Å². The zero-order chi connectivity index (χ0) is 23.8. The van der Waals surface area contributed by atoms with Gasteiger partial charge >= 0.3 is 0 Å². The van der Waals surface area contributed by atoms with Crippen molar-refractivity contribution in [2.24, 2.45) is 23.5 Å². The lowest BCUT2D eigenvalue weighted by atomic mass is 9.88. The van der Waals surface area contributed by atoms with Gasteiger partial charge in [-0.15, -0.1) is 11.3 Å². The van der Waals surface area contributed by atoms with Gasteiger partial charge in [-0.3, -0.25) is 9.69 Å². The zero-order valence-electron chi connectivity index (χ0n) is 19.5. The van der Waals surface area contributed by atoms with E-state index in [2.05, 4.69) is 32.7 Å². The van der Waals surface area contributed by atoms with Gasteiger partial charge in [-0.2, -0.15) is 4.98 Å². The molecule has 3 heterocycles. The minimum atomic E-state index is -0.253. The minimum Gasteiger partial charge on any atom is -0.492 e. The summed E-state index contributed by atoms with van der Waals surface area (Å²) in [5, 5.41) is 8.89. The van der Waals surface area contributed by atoms with Gasteiger partial charge in [-0.05, 0) is 79.9 Å². The third-order valence-corrected chi connectivity index (χ3v) is 8.29. The molecular weight excluding hydrogens is 460 g/mol. The fourth-order valence-corrected chi connectivity index (χ4v) is 6.43. The number of nitrogens with two attached hydrogens (primary N) is 1. The summed E-state index contributed by atoms with van der Waals surface area (Å²) in [6, 6.07) is 9.82. The van der Waals surface area contributed by atoms with Gasteiger partial charge in [0.2, 0.25) is 11.9 Å². The van der Waals surface area contributed by atoms with Gasteiger partial charge in [-0.1, -0.05) is 12.2 Å². The van der Waals surface area contributed by atoms with Gasteiger partial charge in [0.05, 0.1) is 16.1 Å². The maximum Gasteiger partial charge on any atom is 0.229 e. The molecule has 2 fully saturated rings. The number of fused-ring (bicyclic) bond motifs is 3. The highest BCUT2D eigenvalue weighted by Crippen LogP contribution is 2.45. The van der Waals surface area contributed by atoms with Crippen LogP contribution in [0.15, 0.2) is 47.9 Å². The van der Waals surface area contributed by atoms with E-state index in [1.54, 1.807) is 11.3 Å². The molecule has 1 amide bonds. The standard InChI is InChI=1S/C26H30N6O2S/c27-24(33)21-16-3-4-17(15-16)22(21)30-25-23-20(9-14-35-23)29-26(31-25)28-18-5-7-19(8-6-18)34-13-12-32-10-1-2-11-32/h3-9,14,16-17,21-22H,1-2,10-13,15H2,(H2,27,33)(H2,28,29,30,31)/t16-,17+,21+,22-/m1/s1. The molecule has 2 aliphatic carbocycles. The smallest absolute Gasteiger partial charge is 0.229 e. The van der Waals surface area contributed by atoms with E-state index >= 15 is 0 Å². The number of ether oxygens (including phenoxy) is 1. The van der Waals surface area contributed by atoms with E-state index in [0.29, 0.717) is 12.6 Å². The first kappa shape index (κ1) is 22.3. The normalized spacial score (nSPS) is 25.4. The van der Waals surface area contributed by atoms with Crippen molar-refractivity contribution in [1.82, 2.24) is 14.9 Å². The van der Waals surface area contributed by atoms with E-state index in [-0.39, 0.29) is 29.7 Å². The maximum atomic E-state index is 12.2. The molecule has 1 saturated heterocycles. The average molecular weight is 491 g/mol. The van der Waals surface area contributed by atoms with Crippen molar-refractivity contribution >= 4 is 44.9 Å². The second-order valence-electron chi connectivity index (χ2n) is 9.62. The van der Waals surface area contributed by atoms with Crippen molar-refractivity contribution in [3.05, 3.63) is 47.9 Å². The highest BCUT2D eigenvalue weighted by atomic mass is 32.1. The van der Waals surface area contributed by atoms with Crippen LogP contribution in [0.3, 0.4) is 0 Å². The molecule has 35 heavy (non-hydrogen) atoms. The highest BCUT2D eigenvalue weighted by molar-refractivity contribution is 7.17. The summed E-state index contributed by atoms with van der Waals surface area (Å²) in [6.45, 7) is 4.03. The number of nitrogens with zero attached hydrogens (tertiary/aromatic N) is 3. The van der Waals surface area contributed by atoms with Crippen LogP contribution in [-0.4, -0.2) is 53.1 Å². The Hall–Kier alpha value is -3.17. The monoisotopic (exact) mass is 490 g/mol. The fourth-order valence-electron chi connectivity index (χ4n) is 5.64. The Morgan fingerprint density at radius 3 is 2.71 bits per heavy atom. The summed E-state index contributed by atoms with van der Waals surface area (Å²) in [6.07, 6.45) is 7.87. The van der Waals surface area contributed by atoms with Crippen LogP contribution in [0, 0.1) is 17.8 Å². The Kier molecular flexibility index (Phi) is 6.03. The van der Waals surface area contributed by atoms with Crippen molar-refractivity contribution in [1.29, 1.82) is 0 Å². The molecule has 1 saturated carbocycles. The van der Waals surface area contributed by atoms with Crippen molar-refractivity contribution in [3.8, 4) is 5.75 Å². The molecule has 2 aromatic heterocycles. The van der Waals surface area contributed by atoms with Crippen LogP contribution in [0.4, 0.5) is 17.5 Å². The van der Waals surface area contributed by atoms with E-state index in [9.17, 15) is 4.79 Å². The second kappa shape index (κ2) is 9.47. The summed E-state index contributed by atoms with van der Waals surface area (Å²) < 4.78 is 6.89. The first-order valence-electron chi connectivity index (χ1n) is 12.4. The first-order chi connectivity index (χ1) is 17.1. The minimum absolute atomic E-state index is 0.0486. The molecule has 4 N–H and O–H groups in total. The summed E-state index contributed by atoms with van der Waals surface area (Å²) in [5.74, 6) is 2.14. The van der Waals surface area contributed by atoms with Gasteiger partial charge in [0.1, 0.15) is 18.2 Å². The van der Waals surface area contributed by atoms with Gasteiger partial charge in [0.25, 0.3) is 0 Å². The quantitative estimate of drug-likeness (QED) is 0.389. The number of hydrogen-bond acceptors (Lipinski definition) is 8. The van der Waals surface area contributed by atoms with Gasteiger partial charge in [0.15, 0.2) is 0 Å². The number of aromatic nitrogens is 2. The highest BCUT2D eigenvalue weighted by Gasteiger charge is 2.47.